The van der Waals surface area contributed by atoms with E-state index in [1.165, 1.54) is 18.5 Å². The highest BCUT2D eigenvalue weighted by Crippen LogP contribution is 2.28. The Hall–Kier alpha value is -0.930. The lowest BCUT2D eigenvalue weighted by Crippen LogP contribution is -2.33. The molecule has 1 aliphatic rings. The number of nitrogens with one attached hydrogen (secondary N) is 2. The maximum absolute atomic E-state index is 6.07. The van der Waals surface area contributed by atoms with E-state index in [9.17, 15) is 0 Å². The summed E-state index contributed by atoms with van der Waals surface area (Å²) < 4.78 is 0. The van der Waals surface area contributed by atoms with E-state index in [4.69, 9.17) is 11.6 Å². The van der Waals surface area contributed by atoms with Gasteiger partial charge in [0.15, 0.2) is 0 Å². The molecule has 1 unspecified atom stereocenters. The summed E-state index contributed by atoms with van der Waals surface area (Å²) in [5.74, 6) is 0.716. The predicted molar refractivity (Wildman–Crippen MR) is 79.9 cm³/mol. The smallest absolute Gasteiger partial charge is 0.0597 e. The first kappa shape index (κ1) is 13.5. The van der Waals surface area contributed by atoms with Crippen LogP contribution in [0.4, 0.5) is 11.4 Å². The Labute approximate surface area is 115 Å². The van der Waals surface area contributed by atoms with Crippen LogP contribution in [-0.2, 0) is 0 Å². The minimum atomic E-state index is 0.716. The summed E-state index contributed by atoms with van der Waals surface area (Å²) in [6, 6.07) is 6.00. The second kappa shape index (κ2) is 6.30. The van der Waals surface area contributed by atoms with Crippen LogP contribution in [0.15, 0.2) is 18.2 Å². The van der Waals surface area contributed by atoms with Gasteiger partial charge in [-0.05, 0) is 50.0 Å². The van der Waals surface area contributed by atoms with Crippen LogP contribution in [0.25, 0.3) is 0 Å². The van der Waals surface area contributed by atoms with Crippen LogP contribution < -0.4 is 15.5 Å². The van der Waals surface area contributed by atoms with Gasteiger partial charge in [-0.25, -0.2) is 0 Å². The number of hydrogen-bond donors (Lipinski definition) is 2. The lowest BCUT2D eigenvalue weighted by atomic mass is 9.99. The maximum Gasteiger partial charge on any atom is 0.0597 e. The zero-order valence-corrected chi connectivity index (χ0v) is 11.9. The summed E-state index contributed by atoms with van der Waals surface area (Å²) in [4.78, 5) is 2.11. The Balaban J connectivity index is 2.00. The molecule has 1 saturated heterocycles. The maximum atomic E-state index is 6.07. The molecule has 4 heteroatoms. The number of anilines is 2. The first-order chi connectivity index (χ1) is 8.66. The Morgan fingerprint density at radius 3 is 2.94 bits per heavy atom. The van der Waals surface area contributed by atoms with Gasteiger partial charge >= 0.3 is 0 Å². The monoisotopic (exact) mass is 267 g/mol. The molecule has 1 atom stereocenters. The van der Waals surface area contributed by atoms with Gasteiger partial charge in [0.1, 0.15) is 0 Å². The zero-order valence-electron chi connectivity index (χ0n) is 11.2. The minimum absolute atomic E-state index is 0.716. The van der Waals surface area contributed by atoms with E-state index in [1.54, 1.807) is 0 Å². The van der Waals surface area contributed by atoms with Crippen LogP contribution in [0.1, 0.15) is 12.8 Å². The van der Waals surface area contributed by atoms with E-state index in [0.29, 0.717) is 5.92 Å². The van der Waals surface area contributed by atoms with Crippen molar-refractivity contribution in [3.05, 3.63) is 23.2 Å². The van der Waals surface area contributed by atoms with E-state index in [1.807, 2.05) is 12.1 Å². The first-order valence-electron chi connectivity index (χ1n) is 6.58. The molecule has 0 radical (unpaired) electrons. The molecule has 0 aliphatic carbocycles. The average Bonchev–Trinajstić information content (AvgIpc) is 2.37. The molecule has 2 N–H and O–H groups in total. The Morgan fingerprint density at radius 2 is 2.28 bits per heavy atom. The van der Waals surface area contributed by atoms with Crippen molar-refractivity contribution in [1.29, 1.82) is 0 Å². The molecular weight excluding hydrogens is 246 g/mol. The van der Waals surface area contributed by atoms with Crippen LogP contribution in [-0.4, -0.2) is 33.7 Å². The molecule has 0 aromatic heterocycles. The molecule has 1 fully saturated rings. The van der Waals surface area contributed by atoms with Crippen LogP contribution in [0.5, 0.6) is 0 Å². The molecule has 0 amide bonds. The van der Waals surface area contributed by atoms with E-state index in [0.717, 1.165) is 30.3 Å². The molecule has 1 aromatic rings. The second-order valence-electron chi connectivity index (χ2n) is 5.15. The van der Waals surface area contributed by atoms with Crippen LogP contribution in [0.3, 0.4) is 0 Å². The number of rotatable bonds is 4. The third kappa shape index (κ3) is 3.53. The molecule has 0 spiro atoms. The van der Waals surface area contributed by atoms with Gasteiger partial charge in [0.2, 0.25) is 0 Å². The first-order valence-corrected chi connectivity index (χ1v) is 6.96. The highest BCUT2D eigenvalue weighted by molar-refractivity contribution is 6.31. The van der Waals surface area contributed by atoms with Gasteiger partial charge in [-0.1, -0.05) is 11.6 Å². The van der Waals surface area contributed by atoms with Gasteiger partial charge < -0.3 is 15.5 Å². The van der Waals surface area contributed by atoms with Crippen molar-refractivity contribution in [2.75, 3.05) is 43.9 Å². The topological polar surface area (TPSA) is 27.3 Å². The zero-order chi connectivity index (χ0) is 13.0. The van der Waals surface area contributed by atoms with E-state index >= 15 is 0 Å². The van der Waals surface area contributed by atoms with Crippen molar-refractivity contribution in [2.24, 2.45) is 5.92 Å². The number of hydrogen-bond acceptors (Lipinski definition) is 3. The Morgan fingerprint density at radius 1 is 1.44 bits per heavy atom. The lowest BCUT2D eigenvalue weighted by molar-refractivity contribution is 0.393. The van der Waals surface area contributed by atoms with E-state index in [-0.39, 0.29) is 0 Å². The number of halogens is 1. The Kier molecular flexibility index (Phi) is 4.72. The van der Waals surface area contributed by atoms with Crippen LogP contribution in [0, 0.1) is 5.92 Å². The molecule has 2 rings (SSSR count). The third-order valence-electron chi connectivity index (χ3n) is 3.42. The molecule has 3 nitrogen and oxygen atoms in total. The lowest BCUT2D eigenvalue weighted by Gasteiger charge is -2.25. The summed E-state index contributed by atoms with van der Waals surface area (Å²) in [7, 11) is 4.10. The molecule has 0 saturated carbocycles. The van der Waals surface area contributed by atoms with Crippen molar-refractivity contribution in [1.82, 2.24) is 5.32 Å². The third-order valence-corrected chi connectivity index (χ3v) is 3.66. The van der Waals surface area contributed by atoms with Crippen LogP contribution in [0.2, 0.25) is 5.02 Å². The summed E-state index contributed by atoms with van der Waals surface area (Å²) in [6.45, 7) is 3.29. The van der Waals surface area contributed by atoms with Crippen molar-refractivity contribution < 1.29 is 0 Å². The molecule has 1 aliphatic heterocycles. The molecule has 0 bridgehead atoms. The summed E-state index contributed by atoms with van der Waals surface area (Å²) in [5, 5.41) is 7.76. The largest absolute Gasteiger partial charge is 0.383 e. The molecule has 100 valence electrons. The molecule has 18 heavy (non-hydrogen) atoms. The summed E-state index contributed by atoms with van der Waals surface area (Å²) >= 11 is 6.07. The van der Waals surface area contributed by atoms with Crippen molar-refractivity contribution in [2.45, 2.75) is 12.8 Å². The Bertz CT molecular complexity index is 387. The van der Waals surface area contributed by atoms with Gasteiger partial charge in [0, 0.05) is 25.7 Å². The van der Waals surface area contributed by atoms with E-state index < -0.39 is 0 Å². The fourth-order valence-corrected chi connectivity index (χ4v) is 2.56. The standard InChI is InChI=1S/C14H22ClN3/c1-18(2)14-6-5-12(15)8-13(14)17-10-11-4-3-7-16-9-11/h5-6,8,11,16-17H,3-4,7,9-10H2,1-2H3. The number of piperidine rings is 1. The predicted octanol–water partition coefficient (Wildman–Crippen LogP) is 2.82. The van der Waals surface area contributed by atoms with Crippen molar-refractivity contribution in [3.63, 3.8) is 0 Å². The van der Waals surface area contributed by atoms with Gasteiger partial charge in [-0.3, -0.25) is 0 Å². The highest BCUT2D eigenvalue weighted by Gasteiger charge is 2.13. The van der Waals surface area contributed by atoms with Crippen molar-refractivity contribution >= 4 is 23.0 Å². The number of benzene rings is 1. The molecule has 1 heterocycles. The summed E-state index contributed by atoms with van der Waals surface area (Å²) in [6.07, 6.45) is 2.58. The van der Waals surface area contributed by atoms with E-state index in [2.05, 4.69) is 35.7 Å². The minimum Gasteiger partial charge on any atom is -0.383 e. The van der Waals surface area contributed by atoms with Gasteiger partial charge in [-0.15, -0.1) is 0 Å². The molecule has 1 aromatic carbocycles. The van der Waals surface area contributed by atoms with Gasteiger partial charge in [0.05, 0.1) is 11.4 Å². The fraction of sp³-hybridized carbons (Fsp3) is 0.571. The van der Waals surface area contributed by atoms with Gasteiger partial charge in [0.25, 0.3) is 0 Å². The van der Waals surface area contributed by atoms with Crippen molar-refractivity contribution in [3.8, 4) is 0 Å². The normalized spacial score (nSPS) is 19.6. The SMILES string of the molecule is CN(C)c1ccc(Cl)cc1NCC1CCCNC1. The molecular formula is C14H22ClN3. The summed E-state index contributed by atoms with van der Waals surface area (Å²) in [5.41, 5.74) is 2.31. The number of nitrogens with zero attached hydrogens (tertiary/aromatic N) is 1. The fourth-order valence-electron chi connectivity index (χ4n) is 2.39. The van der Waals surface area contributed by atoms with Crippen LogP contribution >= 0.6 is 11.6 Å². The second-order valence-corrected chi connectivity index (χ2v) is 5.59. The highest BCUT2D eigenvalue weighted by atomic mass is 35.5. The van der Waals surface area contributed by atoms with Gasteiger partial charge in [-0.2, -0.15) is 0 Å². The quantitative estimate of drug-likeness (QED) is 0.879. The average molecular weight is 268 g/mol.